The standard InChI is InChI=1S/C14H22BrN/c1-5-10(3)14(16-6-2)12-9-7-8-11(4)13(12)15/h7-10,14,16H,5-6H2,1-4H3. The van der Waals surface area contributed by atoms with E-state index < -0.39 is 0 Å². The van der Waals surface area contributed by atoms with Gasteiger partial charge in [-0.1, -0.05) is 61.3 Å². The molecule has 2 heteroatoms. The minimum Gasteiger partial charge on any atom is -0.310 e. The molecule has 0 aliphatic heterocycles. The predicted octanol–water partition coefficient (Wildman–Crippen LogP) is 4.45. The van der Waals surface area contributed by atoms with Gasteiger partial charge in [-0.05, 0) is 30.5 Å². The number of benzene rings is 1. The maximum absolute atomic E-state index is 3.71. The van der Waals surface area contributed by atoms with Crippen LogP contribution in [0.25, 0.3) is 0 Å². The van der Waals surface area contributed by atoms with Crippen LogP contribution >= 0.6 is 15.9 Å². The van der Waals surface area contributed by atoms with E-state index in [1.807, 2.05) is 0 Å². The zero-order chi connectivity index (χ0) is 12.1. The first-order valence-corrected chi connectivity index (χ1v) is 6.89. The quantitative estimate of drug-likeness (QED) is 0.842. The van der Waals surface area contributed by atoms with Gasteiger partial charge < -0.3 is 5.32 Å². The largest absolute Gasteiger partial charge is 0.310 e. The molecule has 1 aromatic carbocycles. The molecule has 0 aliphatic rings. The monoisotopic (exact) mass is 283 g/mol. The molecule has 0 amide bonds. The van der Waals surface area contributed by atoms with Crippen LogP contribution < -0.4 is 5.32 Å². The Morgan fingerprint density at radius 3 is 2.56 bits per heavy atom. The van der Waals surface area contributed by atoms with Gasteiger partial charge in [0, 0.05) is 10.5 Å². The Morgan fingerprint density at radius 1 is 1.31 bits per heavy atom. The van der Waals surface area contributed by atoms with E-state index in [-0.39, 0.29) is 0 Å². The second-order valence-corrected chi connectivity index (χ2v) is 5.19. The van der Waals surface area contributed by atoms with Crippen molar-refractivity contribution < 1.29 is 0 Å². The van der Waals surface area contributed by atoms with Gasteiger partial charge in [-0.3, -0.25) is 0 Å². The van der Waals surface area contributed by atoms with E-state index in [0.717, 1.165) is 6.54 Å². The lowest BCUT2D eigenvalue weighted by atomic mass is 9.91. The molecule has 0 saturated heterocycles. The average Bonchev–Trinajstić information content (AvgIpc) is 2.29. The zero-order valence-electron chi connectivity index (χ0n) is 10.7. The topological polar surface area (TPSA) is 12.0 Å². The molecule has 0 aromatic heterocycles. The van der Waals surface area contributed by atoms with E-state index >= 15 is 0 Å². The second-order valence-electron chi connectivity index (χ2n) is 4.40. The molecular weight excluding hydrogens is 262 g/mol. The summed E-state index contributed by atoms with van der Waals surface area (Å²) in [6, 6.07) is 6.95. The van der Waals surface area contributed by atoms with Crippen LogP contribution in [-0.4, -0.2) is 6.54 Å². The van der Waals surface area contributed by atoms with Crippen LogP contribution in [0.5, 0.6) is 0 Å². The number of rotatable bonds is 5. The van der Waals surface area contributed by atoms with Gasteiger partial charge in [-0.15, -0.1) is 0 Å². The van der Waals surface area contributed by atoms with Crippen molar-refractivity contribution in [2.75, 3.05) is 6.54 Å². The maximum Gasteiger partial charge on any atom is 0.0357 e. The summed E-state index contributed by atoms with van der Waals surface area (Å²) >= 11 is 3.71. The van der Waals surface area contributed by atoms with Crippen molar-refractivity contribution in [3.8, 4) is 0 Å². The normalized spacial score (nSPS) is 14.8. The maximum atomic E-state index is 3.71. The third-order valence-electron chi connectivity index (χ3n) is 3.19. The van der Waals surface area contributed by atoms with Crippen molar-refractivity contribution >= 4 is 15.9 Å². The van der Waals surface area contributed by atoms with Gasteiger partial charge in [0.15, 0.2) is 0 Å². The molecule has 16 heavy (non-hydrogen) atoms. The SMILES string of the molecule is CCNC(c1cccc(C)c1Br)C(C)CC. The minimum atomic E-state index is 0.448. The molecule has 2 unspecified atom stereocenters. The highest BCUT2D eigenvalue weighted by molar-refractivity contribution is 9.10. The molecule has 0 bridgehead atoms. The minimum absolute atomic E-state index is 0.448. The van der Waals surface area contributed by atoms with E-state index in [0.29, 0.717) is 12.0 Å². The fourth-order valence-corrected chi connectivity index (χ4v) is 2.49. The van der Waals surface area contributed by atoms with Crippen LogP contribution in [0.3, 0.4) is 0 Å². The number of nitrogens with one attached hydrogen (secondary N) is 1. The molecule has 1 N–H and O–H groups in total. The van der Waals surface area contributed by atoms with E-state index in [1.54, 1.807) is 0 Å². The Labute approximate surface area is 108 Å². The lowest BCUT2D eigenvalue weighted by Gasteiger charge is -2.26. The summed E-state index contributed by atoms with van der Waals surface area (Å²) in [7, 11) is 0. The van der Waals surface area contributed by atoms with Crippen molar-refractivity contribution in [2.24, 2.45) is 5.92 Å². The fourth-order valence-electron chi connectivity index (χ4n) is 1.98. The summed E-state index contributed by atoms with van der Waals surface area (Å²) in [6.45, 7) is 9.88. The summed E-state index contributed by atoms with van der Waals surface area (Å²) in [5.41, 5.74) is 2.69. The zero-order valence-corrected chi connectivity index (χ0v) is 12.3. The Morgan fingerprint density at radius 2 is 2.00 bits per heavy atom. The van der Waals surface area contributed by atoms with Crippen molar-refractivity contribution in [1.29, 1.82) is 0 Å². The fraction of sp³-hybridized carbons (Fsp3) is 0.571. The molecule has 0 heterocycles. The molecule has 0 saturated carbocycles. The van der Waals surface area contributed by atoms with Crippen LogP contribution in [0, 0.1) is 12.8 Å². The Balaban J connectivity index is 3.05. The van der Waals surface area contributed by atoms with E-state index in [1.165, 1.54) is 22.0 Å². The molecule has 1 aromatic rings. The lowest BCUT2D eigenvalue weighted by molar-refractivity contribution is 0.382. The molecule has 0 radical (unpaired) electrons. The molecule has 90 valence electrons. The number of aryl methyl sites for hydroxylation is 1. The van der Waals surface area contributed by atoms with E-state index in [9.17, 15) is 0 Å². The predicted molar refractivity (Wildman–Crippen MR) is 74.8 cm³/mol. The second kappa shape index (κ2) is 6.41. The number of hydrogen-bond acceptors (Lipinski definition) is 1. The van der Waals surface area contributed by atoms with Gasteiger partial charge in [0.25, 0.3) is 0 Å². The Kier molecular flexibility index (Phi) is 5.50. The summed E-state index contributed by atoms with van der Waals surface area (Å²) in [4.78, 5) is 0. The molecule has 0 fully saturated rings. The van der Waals surface area contributed by atoms with Crippen LogP contribution in [0.4, 0.5) is 0 Å². The van der Waals surface area contributed by atoms with E-state index in [2.05, 4.69) is 67.1 Å². The number of hydrogen-bond donors (Lipinski definition) is 1. The van der Waals surface area contributed by atoms with Crippen LogP contribution in [0.2, 0.25) is 0 Å². The van der Waals surface area contributed by atoms with Gasteiger partial charge in [0.1, 0.15) is 0 Å². The molecular formula is C14H22BrN. The molecule has 0 aliphatic carbocycles. The van der Waals surface area contributed by atoms with Gasteiger partial charge in [0.05, 0.1) is 0 Å². The highest BCUT2D eigenvalue weighted by atomic mass is 79.9. The van der Waals surface area contributed by atoms with Gasteiger partial charge in [0.2, 0.25) is 0 Å². The summed E-state index contributed by atoms with van der Waals surface area (Å²) < 4.78 is 1.25. The van der Waals surface area contributed by atoms with Crippen LogP contribution in [0.1, 0.15) is 44.4 Å². The summed E-state index contributed by atoms with van der Waals surface area (Å²) in [6.07, 6.45) is 1.19. The molecule has 2 atom stereocenters. The third kappa shape index (κ3) is 3.08. The van der Waals surface area contributed by atoms with Gasteiger partial charge in [-0.25, -0.2) is 0 Å². The Bertz CT molecular complexity index is 336. The van der Waals surface area contributed by atoms with Crippen molar-refractivity contribution in [1.82, 2.24) is 5.32 Å². The van der Waals surface area contributed by atoms with Gasteiger partial charge in [-0.2, -0.15) is 0 Å². The molecule has 1 rings (SSSR count). The van der Waals surface area contributed by atoms with Crippen LogP contribution in [-0.2, 0) is 0 Å². The first-order valence-electron chi connectivity index (χ1n) is 6.10. The highest BCUT2D eigenvalue weighted by Crippen LogP contribution is 2.31. The third-order valence-corrected chi connectivity index (χ3v) is 4.28. The van der Waals surface area contributed by atoms with Crippen LogP contribution in [0.15, 0.2) is 22.7 Å². The summed E-state index contributed by atoms with van der Waals surface area (Å²) in [5.74, 6) is 0.651. The van der Waals surface area contributed by atoms with Crippen molar-refractivity contribution in [3.05, 3.63) is 33.8 Å². The number of halogens is 1. The van der Waals surface area contributed by atoms with Gasteiger partial charge >= 0.3 is 0 Å². The first-order chi connectivity index (χ1) is 7.61. The molecule has 0 spiro atoms. The molecule has 1 nitrogen and oxygen atoms in total. The Hall–Kier alpha value is -0.340. The van der Waals surface area contributed by atoms with E-state index in [4.69, 9.17) is 0 Å². The highest BCUT2D eigenvalue weighted by Gasteiger charge is 2.19. The van der Waals surface area contributed by atoms with Crippen molar-refractivity contribution in [2.45, 2.75) is 40.2 Å². The lowest BCUT2D eigenvalue weighted by Crippen LogP contribution is -2.27. The smallest absolute Gasteiger partial charge is 0.0357 e. The average molecular weight is 284 g/mol. The first kappa shape index (κ1) is 13.7. The van der Waals surface area contributed by atoms with Crippen molar-refractivity contribution in [3.63, 3.8) is 0 Å². The summed E-state index contributed by atoms with van der Waals surface area (Å²) in [5, 5.41) is 3.59.